The van der Waals surface area contributed by atoms with Gasteiger partial charge in [0, 0.05) is 17.4 Å². The van der Waals surface area contributed by atoms with Gasteiger partial charge in [-0.15, -0.1) is 0 Å². The first-order valence-electron chi connectivity index (χ1n) is 12.3. The fraction of sp³-hybridized carbons (Fsp3) is 0.138. The van der Waals surface area contributed by atoms with E-state index in [-0.39, 0.29) is 21.2 Å². The van der Waals surface area contributed by atoms with Crippen LogP contribution in [-0.2, 0) is 24.8 Å². The normalized spacial score (nSPS) is 11.4. The smallest absolute Gasteiger partial charge is 0.264 e. The number of benzene rings is 4. The lowest BCUT2D eigenvalue weighted by Crippen LogP contribution is -2.38. The summed E-state index contributed by atoms with van der Waals surface area (Å²) in [5.41, 5.74) is 1.99. The molecule has 12 heteroatoms. The number of carbonyl (C=O) groups is 1. The molecule has 0 fully saturated rings. The summed E-state index contributed by atoms with van der Waals surface area (Å²) < 4.78 is 66.9. The fourth-order valence-corrected chi connectivity index (χ4v) is 6.39. The molecule has 4 aromatic carbocycles. The Hall–Kier alpha value is -4.55. The number of rotatable bonds is 11. The van der Waals surface area contributed by atoms with Gasteiger partial charge in [0.05, 0.1) is 29.7 Å². The summed E-state index contributed by atoms with van der Waals surface area (Å²) in [5, 5.41) is 2.64. The van der Waals surface area contributed by atoms with Gasteiger partial charge in [-0.1, -0.05) is 35.9 Å². The maximum atomic E-state index is 13.7. The summed E-state index contributed by atoms with van der Waals surface area (Å²) in [5.74, 6) is -0.0563. The second kappa shape index (κ2) is 12.3. The molecule has 41 heavy (non-hydrogen) atoms. The summed E-state index contributed by atoms with van der Waals surface area (Å²) in [6.07, 6.45) is 0. The summed E-state index contributed by atoms with van der Waals surface area (Å²) >= 11 is 0. The van der Waals surface area contributed by atoms with Gasteiger partial charge in [0.2, 0.25) is 5.91 Å². The topological polar surface area (TPSA) is 131 Å². The molecule has 10 nitrogen and oxygen atoms in total. The minimum Gasteiger partial charge on any atom is -0.493 e. The predicted molar refractivity (Wildman–Crippen MR) is 158 cm³/mol. The molecule has 0 radical (unpaired) electrons. The second-order valence-electron chi connectivity index (χ2n) is 8.91. The monoisotopic (exact) mass is 595 g/mol. The largest absolute Gasteiger partial charge is 0.493 e. The van der Waals surface area contributed by atoms with Gasteiger partial charge in [-0.05, 0) is 67.6 Å². The van der Waals surface area contributed by atoms with Gasteiger partial charge in [-0.25, -0.2) is 16.8 Å². The lowest BCUT2D eigenvalue weighted by molar-refractivity contribution is -0.114. The van der Waals surface area contributed by atoms with Crippen LogP contribution in [0.5, 0.6) is 11.5 Å². The van der Waals surface area contributed by atoms with Crippen molar-refractivity contribution >= 4 is 43.0 Å². The third-order valence-electron chi connectivity index (χ3n) is 6.03. The van der Waals surface area contributed by atoms with E-state index < -0.39 is 32.5 Å². The van der Waals surface area contributed by atoms with E-state index in [1.54, 1.807) is 54.6 Å². The van der Waals surface area contributed by atoms with E-state index in [2.05, 4.69) is 10.0 Å². The van der Waals surface area contributed by atoms with Gasteiger partial charge in [-0.2, -0.15) is 0 Å². The van der Waals surface area contributed by atoms with E-state index in [1.807, 2.05) is 6.92 Å². The number of ether oxygens (including phenoxy) is 2. The number of hydrogen-bond acceptors (Lipinski definition) is 7. The third-order valence-corrected chi connectivity index (χ3v) is 9.19. The molecule has 0 saturated heterocycles. The summed E-state index contributed by atoms with van der Waals surface area (Å²) in [6, 6.07) is 24.8. The molecule has 4 rings (SSSR count). The number of hydrogen-bond donors (Lipinski definition) is 2. The van der Waals surface area contributed by atoms with E-state index in [4.69, 9.17) is 9.47 Å². The molecule has 0 atom stereocenters. The van der Waals surface area contributed by atoms with Crippen LogP contribution in [0.1, 0.15) is 5.56 Å². The molecule has 0 aliphatic heterocycles. The van der Waals surface area contributed by atoms with Crippen LogP contribution in [0.3, 0.4) is 0 Å². The lowest BCUT2D eigenvalue weighted by atomic mass is 10.2. The van der Waals surface area contributed by atoms with Crippen LogP contribution in [0.4, 0.5) is 17.1 Å². The summed E-state index contributed by atoms with van der Waals surface area (Å²) in [6.45, 7) is 1.35. The molecule has 214 valence electrons. The average Bonchev–Trinajstić information content (AvgIpc) is 2.97. The zero-order valence-electron chi connectivity index (χ0n) is 22.6. The second-order valence-corrected chi connectivity index (χ2v) is 12.5. The predicted octanol–water partition coefficient (Wildman–Crippen LogP) is 4.65. The molecule has 0 saturated carbocycles. The minimum absolute atomic E-state index is 0.00184. The first-order chi connectivity index (χ1) is 19.5. The lowest BCUT2D eigenvalue weighted by Gasteiger charge is -2.24. The number of nitrogens with zero attached hydrogens (tertiary/aromatic N) is 1. The Kier molecular flexibility index (Phi) is 8.84. The molecule has 1 amide bonds. The number of anilines is 3. The van der Waals surface area contributed by atoms with Crippen LogP contribution < -0.4 is 23.8 Å². The third kappa shape index (κ3) is 6.97. The van der Waals surface area contributed by atoms with Gasteiger partial charge in [-0.3, -0.25) is 13.8 Å². The number of aryl methyl sites for hydroxylation is 1. The van der Waals surface area contributed by atoms with Crippen molar-refractivity contribution in [1.82, 2.24) is 0 Å². The van der Waals surface area contributed by atoms with E-state index in [1.165, 1.54) is 56.7 Å². The number of carbonyl (C=O) groups excluding carboxylic acids is 1. The quantitative estimate of drug-likeness (QED) is 0.258. The Labute approximate surface area is 239 Å². The van der Waals surface area contributed by atoms with Gasteiger partial charge in [0.25, 0.3) is 20.0 Å². The first-order valence-corrected chi connectivity index (χ1v) is 15.2. The van der Waals surface area contributed by atoms with Crippen LogP contribution in [0.2, 0.25) is 0 Å². The van der Waals surface area contributed by atoms with Gasteiger partial charge in [0.1, 0.15) is 6.54 Å². The van der Waals surface area contributed by atoms with Crippen molar-refractivity contribution < 1.29 is 31.1 Å². The first kappa shape index (κ1) is 29.4. The summed E-state index contributed by atoms with van der Waals surface area (Å²) in [7, 11) is -5.23. The highest BCUT2D eigenvalue weighted by atomic mass is 32.2. The molecule has 0 aliphatic carbocycles. The van der Waals surface area contributed by atoms with Crippen molar-refractivity contribution in [1.29, 1.82) is 0 Å². The molecule has 0 heterocycles. The number of sulfonamides is 2. The Bertz CT molecular complexity index is 1730. The maximum Gasteiger partial charge on any atom is 0.264 e. The van der Waals surface area contributed by atoms with Crippen LogP contribution in [0, 0.1) is 6.92 Å². The molecule has 0 aliphatic rings. The van der Waals surface area contributed by atoms with Crippen LogP contribution in [0.25, 0.3) is 0 Å². The van der Waals surface area contributed by atoms with Gasteiger partial charge < -0.3 is 14.8 Å². The molecule has 0 bridgehead atoms. The Morgan fingerprint density at radius 2 is 1.32 bits per heavy atom. The van der Waals surface area contributed by atoms with Gasteiger partial charge >= 0.3 is 0 Å². The van der Waals surface area contributed by atoms with Crippen LogP contribution in [0.15, 0.2) is 107 Å². The minimum atomic E-state index is -4.21. The fourth-order valence-electron chi connectivity index (χ4n) is 3.90. The Morgan fingerprint density at radius 3 is 1.93 bits per heavy atom. The number of para-hydroxylation sites is 1. The van der Waals surface area contributed by atoms with Crippen molar-refractivity contribution in [2.75, 3.05) is 35.1 Å². The molecular formula is C29H29N3O7S2. The van der Waals surface area contributed by atoms with Crippen molar-refractivity contribution in [3.05, 3.63) is 103 Å². The molecule has 0 spiro atoms. The van der Waals surface area contributed by atoms with Crippen molar-refractivity contribution in [3.8, 4) is 11.5 Å². The number of methoxy groups -OCH3 is 2. The highest BCUT2D eigenvalue weighted by molar-refractivity contribution is 7.93. The molecule has 0 unspecified atom stereocenters. The zero-order chi connectivity index (χ0) is 29.6. The number of amides is 1. The number of nitrogens with one attached hydrogen (secondary N) is 2. The molecular weight excluding hydrogens is 566 g/mol. The average molecular weight is 596 g/mol. The van der Waals surface area contributed by atoms with Crippen molar-refractivity contribution in [2.45, 2.75) is 16.7 Å². The van der Waals surface area contributed by atoms with Crippen molar-refractivity contribution in [3.63, 3.8) is 0 Å². The standard InChI is InChI=1S/C29H29N3O7S2/c1-21-9-11-23(12-10-21)31-40(34,35)25-15-13-22(14-16-25)30-29(33)20-32(24-7-5-4-6-8-24)41(36,37)26-17-18-27(38-2)28(19-26)39-3/h4-19,31H,20H2,1-3H3,(H,30,33). The highest BCUT2D eigenvalue weighted by Crippen LogP contribution is 2.32. The Morgan fingerprint density at radius 1 is 0.732 bits per heavy atom. The Balaban J connectivity index is 1.54. The maximum absolute atomic E-state index is 13.7. The van der Waals surface area contributed by atoms with E-state index in [0.29, 0.717) is 17.1 Å². The van der Waals surface area contributed by atoms with Crippen molar-refractivity contribution in [2.24, 2.45) is 0 Å². The van der Waals surface area contributed by atoms with Crippen LogP contribution in [-0.4, -0.2) is 43.5 Å². The van der Waals surface area contributed by atoms with E-state index in [9.17, 15) is 21.6 Å². The molecule has 4 aromatic rings. The van der Waals surface area contributed by atoms with E-state index in [0.717, 1.165) is 9.87 Å². The SMILES string of the molecule is COc1ccc(S(=O)(=O)N(CC(=O)Nc2ccc(S(=O)(=O)Nc3ccc(C)cc3)cc2)c2ccccc2)cc1OC. The summed E-state index contributed by atoms with van der Waals surface area (Å²) in [4.78, 5) is 13.0. The van der Waals surface area contributed by atoms with E-state index >= 15 is 0 Å². The molecule has 0 aromatic heterocycles. The zero-order valence-corrected chi connectivity index (χ0v) is 24.2. The van der Waals surface area contributed by atoms with Gasteiger partial charge in [0.15, 0.2) is 11.5 Å². The molecule has 2 N–H and O–H groups in total. The van der Waals surface area contributed by atoms with Crippen LogP contribution >= 0.6 is 0 Å². The highest BCUT2D eigenvalue weighted by Gasteiger charge is 2.28.